The van der Waals surface area contributed by atoms with E-state index in [2.05, 4.69) is 15.4 Å². The van der Waals surface area contributed by atoms with Gasteiger partial charge < -0.3 is 9.47 Å². The number of benzene rings is 2. The third-order valence-electron chi connectivity index (χ3n) is 4.81. The average Bonchev–Trinajstić information content (AvgIpc) is 3.26. The summed E-state index contributed by atoms with van der Waals surface area (Å²) in [6.07, 6.45) is 0. The number of hydrogen-bond donors (Lipinski definition) is 1. The van der Waals surface area contributed by atoms with Crippen molar-refractivity contribution in [2.24, 2.45) is 0 Å². The van der Waals surface area contributed by atoms with Crippen molar-refractivity contribution in [3.63, 3.8) is 0 Å². The number of carbonyl (C=O) groups excluding carboxylic acids is 1. The molecule has 0 unspecified atom stereocenters. The Kier molecular flexibility index (Phi) is 4.99. The third kappa shape index (κ3) is 3.82. The molecule has 1 aliphatic rings. The highest BCUT2D eigenvalue weighted by Gasteiger charge is 2.22. The minimum absolute atomic E-state index is 0.206. The van der Waals surface area contributed by atoms with Crippen LogP contribution in [0.4, 0.5) is 9.52 Å². The molecule has 0 fully saturated rings. The summed E-state index contributed by atoms with van der Waals surface area (Å²) in [5, 5.41) is 7.81. The number of carbonyl (C=O) groups is 1. The molecule has 1 aliphatic heterocycles. The van der Waals surface area contributed by atoms with Gasteiger partial charge in [-0.3, -0.25) is 10.1 Å². The molecule has 1 amide bonds. The molecule has 0 bridgehead atoms. The maximum atomic E-state index is 13.1. The van der Waals surface area contributed by atoms with Gasteiger partial charge in [0.2, 0.25) is 0 Å². The van der Waals surface area contributed by atoms with Crippen LogP contribution in [0, 0.1) is 12.7 Å². The molecule has 7 nitrogen and oxygen atoms in total. The molecule has 10 heteroatoms. The maximum absolute atomic E-state index is 13.1. The van der Waals surface area contributed by atoms with Crippen molar-refractivity contribution in [2.45, 2.75) is 13.5 Å². The number of hydrogen-bond acceptors (Lipinski definition) is 6. The third-order valence-corrected chi connectivity index (χ3v) is 6.13. The van der Waals surface area contributed by atoms with Gasteiger partial charge in [-0.1, -0.05) is 35.1 Å². The Labute approximate surface area is 185 Å². The highest BCUT2D eigenvalue weighted by atomic mass is 35.5. The highest BCUT2D eigenvalue weighted by molar-refractivity contribution is 7.22. The van der Waals surface area contributed by atoms with Gasteiger partial charge in [0.15, 0.2) is 16.6 Å². The van der Waals surface area contributed by atoms with E-state index >= 15 is 0 Å². The summed E-state index contributed by atoms with van der Waals surface area (Å²) in [6.45, 7) is 3.02. The lowest BCUT2D eigenvalue weighted by Crippen LogP contribution is -2.15. The normalized spacial score (nSPS) is 12.9. The Hall–Kier alpha value is -3.17. The SMILES string of the molecule is Cc1nn(Cc2ccc(F)cc2)c(Cl)c1C(=O)Nc1nc2cc3c(cc2s1)OCCO3. The van der Waals surface area contributed by atoms with Crippen molar-refractivity contribution >= 4 is 44.2 Å². The molecule has 0 aliphatic carbocycles. The molecule has 0 spiro atoms. The molecule has 31 heavy (non-hydrogen) atoms. The second-order valence-electron chi connectivity index (χ2n) is 6.97. The molecular weight excluding hydrogens is 443 g/mol. The largest absolute Gasteiger partial charge is 0.486 e. The first kappa shape index (κ1) is 19.8. The molecular formula is C21H16ClFN4O3S. The number of nitrogens with one attached hydrogen (secondary N) is 1. The second-order valence-corrected chi connectivity index (χ2v) is 8.36. The van der Waals surface area contributed by atoms with Crippen LogP contribution in [0.2, 0.25) is 5.15 Å². The number of ether oxygens (including phenoxy) is 2. The van der Waals surface area contributed by atoms with Crippen molar-refractivity contribution in [3.8, 4) is 11.5 Å². The lowest BCUT2D eigenvalue weighted by Gasteiger charge is -2.17. The van der Waals surface area contributed by atoms with E-state index in [4.69, 9.17) is 21.1 Å². The van der Waals surface area contributed by atoms with E-state index in [1.165, 1.54) is 28.2 Å². The minimum Gasteiger partial charge on any atom is -0.486 e. The standard InChI is InChI=1S/C21H16ClFN4O3S/c1-11-18(19(22)27(26-11)10-12-2-4-13(23)5-3-12)20(28)25-21-24-14-8-15-16(9-17(14)31-21)30-7-6-29-15/h2-5,8-9H,6-7,10H2,1H3,(H,24,25,28). The number of halogens is 2. The Bertz CT molecular complexity index is 1260. The Morgan fingerprint density at radius 2 is 1.94 bits per heavy atom. The van der Waals surface area contributed by atoms with Gasteiger partial charge in [0.25, 0.3) is 5.91 Å². The molecule has 2 aromatic heterocycles. The van der Waals surface area contributed by atoms with E-state index in [0.717, 1.165) is 10.3 Å². The molecule has 0 atom stereocenters. The van der Waals surface area contributed by atoms with Crippen molar-refractivity contribution in [1.82, 2.24) is 14.8 Å². The number of fused-ring (bicyclic) bond motifs is 2. The average molecular weight is 459 g/mol. The second kappa shape index (κ2) is 7.82. The van der Waals surface area contributed by atoms with E-state index in [1.807, 2.05) is 6.07 Å². The Balaban J connectivity index is 1.39. The van der Waals surface area contributed by atoms with E-state index in [1.54, 1.807) is 25.1 Å². The molecule has 0 saturated carbocycles. The summed E-state index contributed by atoms with van der Waals surface area (Å²) in [5.41, 5.74) is 2.29. The smallest absolute Gasteiger partial charge is 0.262 e. The van der Waals surface area contributed by atoms with E-state index in [0.29, 0.717) is 47.6 Å². The number of anilines is 1. The summed E-state index contributed by atoms with van der Waals surface area (Å²) in [6, 6.07) is 9.70. The molecule has 158 valence electrons. The minimum atomic E-state index is -0.399. The zero-order valence-electron chi connectivity index (χ0n) is 16.3. The number of amides is 1. The summed E-state index contributed by atoms with van der Waals surface area (Å²) in [4.78, 5) is 17.4. The van der Waals surface area contributed by atoms with Crippen molar-refractivity contribution in [1.29, 1.82) is 0 Å². The van der Waals surface area contributed by atoms with E-state index in [9.17, 15) is 9.18 Å². The number of aryl methyl sites for hydroxylation is 1. The number of aromatic nitrogens is 3. The summed E-state index contributed by atoms with van der Waals surface area (Å²) in [7, 11) is 0. The molecule has 1 N–H and O–H groups in total. The summed E-state index contributed by atoms with van der Waals surface area (Å²) in [5.74, 6) is 0.592. The van der Waals surface area contributed by atoms with E-state index in [-0.39, 0.29) is 16.5 Å². The lowest BCUT2D eigenvalue weighted by atomic mass is 10.2. The van der Waals surface area contributed by atoms with E-state index < -0.39 is 5.91 Å². The number of rotatable bonds is 4. The predicted octanol–water partition coefficient (Wildman–Crippen LogP) is 4.67. The van der Waals surface area contributed by atoms with Crippen LogP contribution in [0.15, 0.2) is 36.4 Å². The van der Waals surface area contributed by atoms with Gasteiger partial charge in [-0.25, -0.2) is 14.1 Å². The fourth-order valence-corrected chi connectivity index (χ4v) is 4.55. The van der Waals surface area contributed by atoms with Crippen molar-refractivity contribution in [2.75, 3.05) is 18.5 Å². The van der Waals surface area contributed by atoms with Gasteiger partial charge in [-0.05, 0) is 24.6 Å². The van der Waals surface area contributed by atoms with Gasteiger partial charge in [0.05, 0.1) is 28.0 Å². The fourth-order valence-electron chi connectivity index (χ4n) is 3.36. The molecule has 2 aromatic carbocycles. The monoisotopic (exact) mass is 458 g/mol. The zero-order valence-corrected chi connectivity index (χ0v) is 17.9. The van der Waals surface area contributed by atoms with Gasteiger partial charge in [-0.15, -0.1) is 0 Å². The van der Waals surface area contributed by atoms with Crippen LogP contribution in [-0.2, 0) is 6.54 Å². The quantitative estimate of drug-likeness (QED) is 0.481. The first-order valence-electron chi connectivity index (χ1n) is 9.47. The Morgan fingerprint density at radius 3 is 2.68 bits per heavy atom. The first-order chi connectivity index (χ1) is 15.0. The van der Waals surface area contributed by atoms with Gasteiger partial charge >= 0.3 is 0 Å². The zero-order chi connectivity index (χ0) is 21.5. The van der Waals surface area contributed by atoms with Gasteiger partial charge in [0.1, 0.15) is 24.2 Å². The number of thiazole rings is 1. The van der Waals surface area contributed by atoms with Crippen LogP contribution in [0.25, 0.3) is 10.2 Å². The predicted molar refractivity (Wildman–Crippen MR) is 116 cm³/mol. The van der Waals surface area contributed by atoms with Crippen LogP contribution in [0.3, 0.4) is 0 Å². The molecule has 0 saturated heterocycles. The van der Waals surface area contributed by atoms with Crippen molar-refractivity contribution in [3.05, 3.63) is 64.2 Å². The van der Waals surface area contributed by atoms with Crippen LogP contribution < -0.4 is 14.8 Å². The molecule has 4 aromatic rings. The van der Waals surface area contributed by atoms with Crippen LogP contribution in [0.5, 0.6) is 11.5 Å². The fraction of sp³-hybridized carbons (Fsp3) is 0.190. The van der Waals surface area contributed by atoms with Gasteiger partial charge in [0, 0.05) is 12.1 Å². The summed E-state index contributed by atoms with van der Waals surface area (Å²) < 4.78 is 26.7. The number of nitrogens with zero attached hydrogens (tertiary/aromatic N) is 3. The first-order valence-corrected chi connectivity index (χ1v) is 10.7. The molecule has 3 heterocycles. The molecule has 5 rings (SSSR count). The molecule has 0 radical (unpaired) electrons. The van der Waals surface area contributed by atoms with Gasteiger partial charge in [-0.2, -0.15) is 5.10 Å². The van der Waals surface area contributed by atoms with Crippen molar-refractivity contribution < 1.29 is 18.7 Å². The van der Waals surface area contributed by atoms with Crippen LogP contribution in [-0.4, -0.2) is 33.9 Å². The lowest BCUT2D eigenvalue weighted by molar-refractivity contribution is 0.102. The Morgan fingerprint density at radius 1 is 1.23 bits per heavy atom. The maximum Gasteiger partial charge on any atom is 0.262 e. The highest BCUT2D eigenvalue weighted by Crippen LogP contribution is 2.38. The van der Waals surface area contributed by atoms with Crippen LogP contribution in [0.1, 0.15) is 21.6 Å². The topological polar surface area (TPSA) is 78.3 Å². The van der Waals surface area contributed by atoms with Crippen LogP contribution >= 0.6 is 22.9 Å². The summed E-state index contributed by atoms with van der Waals surface area (Å²) >= 11 is 7.78.